The standard InChI is InChI=1S/C23H17NO4S/c1-27-20-13-15(9-10-17(20)14-19(25)21-8-5-11-29-21)12-18-23(26)28-22(24-18)16-6-3-2-4-7-16/h2-13H,14H2,1H3. The molecule has 5 nitrogen and oxygen atoms in total. The van der Waals surface area contributed by atoms with Gasteiger partial charge in [-0.3, -0.25) is 4.79 Å². The van der Waals surface area contributed by atoms with E-state index in [1.165, 1.54) is 11.3 Å². The highest BCUT2D eigenvalue weighted by molar-refractivity contribution is 7.12. The average molecular weight is 403 g/mol. The number of benzene rings is 2. The van der Waals surface area contributed by atoms with Crippen LogP contribution in [0.15, 0.2) is 76.7 Å². The summed E-state index contributed by atoms with van der Waals surface area (Å²) in [5.41, 5.74) is 2.48. The zero-order valence-electron chi connectivity index (χ0n) is 15.6. The molecule has 0 aliphatic carbocycles. The summed E-state index contributed by atoms with van der Waals surface area (Å²) in [4.78, 5) is 29.6. The Labute approximate surface area is 171 Å². The lowest BCUT2D eigenvalue weighted by Crippen LogP contribution is -2.05. The van der Waals surface area contributed by atoms with Crippen molar-refractivity contribution >= 4 is 35.1 Å². The second-order valence-electron chi connectivity index (χ2n) is 6.35. The van der Waals surface area contributed by atoms with Crippen molar-refractivity contribution in [2.75, 3.05) is 7.11 Å². The molecule has 0 fully saturated rings. The van der Waals surface area contributed by atoms with E-state index in [2.05, 4.69) is 4.99 Å². The third-order valence-corrected chi connectivity index (χ3v) is 5.31. The van der Waals surface area contributed by atoms with Crippen molar-refractivity contribution in [1.82, 2.24) is 0 Å². The zero-order valence-corrected chi connectivity index (χ0v) is 16.4. The quantitative estimate of drug-likeness (QED) is 0.345. The molecule has 0 unspecified atom stereocenters. The Balaban J connectivity index is 1.58. The summed E-state index contributed by atoms with van der Waals surface area (Å²) >= 11 is 1.42. The summed E-state index contributed by atoms with van der Waals surface area (Å²) < 4.78 is 10.7. The number of cyclic esters (lactones) is 1. The molecule has 0 bridgehead atoms. The van der Waals surface area contributed by atoms with Gasteiger partial charge in [0.05, 0.1) is 12.0 Å². The van der Waals surface area contributed by atoms with Crippen molar-refractivity contribution in [3.05, 3.63) is 93.3 Å². The molecular weight excluding hydrogens is 386 g/mol. The minimum Gasteiger partial charge on any atom is -0.496 e. The van der Waals surface area contributed by atoms with Gasteiger partial charge in [-0.05, 0) is 41.3 Å². The Morgan fingerprint density at radius 2 is 1.97 bits per heavy atom. The normalized spacial score (nSPS) is 14.6. The predicted molar refractivity (Wildman–Crippen MR) is 112 cm³/mol. The molecule has 0 saturated carbocycles. The van der Waals surface area contributed by atoms with Crippen LogP contribution < -0.4 is 4.74 Å². The second-order valence-corrected chi connectivity index (χ2v) is 7.30. The highest BCUT2D eigenvalue weighted by Crippen LogP contribution is 2.26. The van der Waals surface area contributed by atoms with Crippen molar-refractivity contribution in [1.29, 1.82) is 0 Å². The number of ether oxygens (including phenoxy) is 2. The molecule has 3 aromatic rings. The summed E-state index contributed by atoms with van der Waals surface area (Å²) in [6, 6.07) is 18.4. The van der Waals surface area contributed by atoms with Gasteiger partial charge in [-0.15, -0.1) is 11.3 Å². The van der Waals surface area contributed by atoms with Gasteiger partial charge in [0.15, 0.2) is 11.5 Å². The summed E-state index contributed by atoms with van der Waals surface area (Å²) in [5, 5.41) is 1.88. The molecule has 2 heterocycles. The highest BCUT2D eigenvalue weighted by atomic mass is 32.1. The summed E-state index contributed by atoms with van der Waals surface area (Å²) in [5.74, 6) is 0.413. The first-order chi connectivity index (χ1) is 14.1. The van der Waals surface area contributed by atoms with Gasteiger partial charge in [-0.1, -0.05) is 36.4 Å². The van der Waals surface area contributed by atoms with Crippen molar-refractivity contribution in [3.63, 3.8) is 0 Å². The third-order valence-electron chi connectivity index (χ3n) is 4.40. The number of carbonyl (C=O) groups is 2. The van der Waals surface area contributed by atoms with E-state index in [1.807, 2.05) is 60.0 Å². The van der Waals surface area contributed by atoms with Crippen LogP contribution in [-0.2, 0) is 16.0 Å². The average Bonchev–Trinajstić information content (AvgIpc) is 3.40. The smallest absolute Gasteiger partial charge is 0.363 e. The molecule has 0 atom stereocenters. The van der Waals surface area contributed by atoms with Gasteiger partial charge in [0.25, 0.3) is 0 Å². The van der Waals surface area contributed by atoms with Crippen molar-refractivity contribution in [2.45, 2.75) is 6.42 Å². The number of aliphatic imine (C=N–C) groups is 1. The fourth-order valence-electron chi connectivity index (χ4n) is 2.97. The molecule has 0 N–H and O–H groups in total. The van der Waals surface area contributed by atoms with E-state index in [0.717, 1.165) is 21.6 Å². The van der Waals surface area contributed by atoms with E-state index < -0.39 is 5.97 Å². The van der Waals surface area contributed by atoms with Crippen LogP contribution in [0, 0.1) is 0 Å². The fourth-order valence-corrected chi connectivity index (χ4v) is 3.63. The first-order valence-corrected chi connectivity index (χ1v) is 9.83. The lowest BCUT2D eigenvalue weighted by molar-refractivity contribution is -0.129. The molecule has 0 spiro atoms. The topological polar surface area (TPSA) is 65.0 Å². The minimum atomic E-state index is -0.500. The maximum Gasteiger partial charge on any atom is 0.363 e. The number of Topliss-reactive ketones (excluding diaryl/α,β-unsaturated/α-hetero) is 1. The maximum atomic E-state index is 12.4. The summed E-state index contributed by atoms with van der Waals surface area (Å²) in [7, 11) is 1.56. The van der Waals surface area contributed by atoms with Crippen LogP contribution in [0.4, 0.5) is 0 Å². The van der Waals surface area contributed by atoms with E-state index in [1.54, 1.807) is 19.3 Å². The van der Waals surface area contributed by atoms with Gasteiger partial charge < -0.3 is 9.47 Å². The molecule has 29 heavy (non-hydrogen) atoms. The molecule has 4 rings (SSSR count). The van der Waals surface area contributed by atoms with Gasteiger partial charge in [0.1, 0.15) is 5.75 Å². The number of nitrogens with zero attached hydrogens (tertiary/aromatic N) is 1. The van der Waals surface area contributed by atoms with Crippen LogP contribution >= 0.6 is 11.3 Å². The zero-order chi connectivity index (χ0) is 20.2. The largest absolute Gasteiger partial charge is 0.496 e. The Morgan fingerprint density at radius 1 is 1.14 bits per heavy atom. The molecular formula is C23H17NO4S. The Kier molecular flexibility index (Phi) is 5.35. The van der Waals surface area contributed by atoms with Gasteiger partial charge >= 0.3 is 5.97 Å². The van der Waals surface area contributed by atoms with Crippen LogP contribution in [0.3, 0.4) is 0 Å². The Morgan fingerprint density at radius 3 is 2.69 bits per heavy atom. The van der Waals surface area contributed by atoms with Crippen LogP contribution in [-0.4, -0.2) is 24.8 Å². The van der Waals surface area contributed by atoms with E-state index in [4.69, 9.17) is 9.47 Å². The molecule has 0 saturated heterocycles. The first kappa shape index (κ1) is 18.8. The number of carbonyl (C=O) groups excluding carboxylic acids is 2. The molecule has 6 heteroatoms. The molecule has 0 radical (unpaired) electrons. The Hall–Kier alpha value is -3.51. The SMILES string of the molecule is COc1cc(C=C2N=C(c3ccccc3)OC2=O)ccc1CC(=O)c1cccs1. The third kappa shape index (κ3) is 4.17. The van der Waals surface area contributed by atoms with Crippen molar-refractivity contribution < 1.29 is 19.1 Å². The minimum absolute atomic E-state index is 0.0425. The number of rotatable bonds is 6. The Bertz CT molecular complexity index is 1120. The van der Waals surface area contributed by atoms with Gasteiger partial charge in [-0.25, -0.2) is 9.79 Å². The number of methoxy groups -OCH3 is 1. The maximum absolute atomic E-state index is 12.4. The predicted octanol–water partition coefficient (Wildman–Crippen LogP) is 4.53. The number of ketones is 1. The number of thiophene rings is 1. The van der Waals surface area contributed by atoms with Gasteiger partial charge in [0, 0.05) is 17.5 Å². The van der Waals surface area contributed by atoms with Crippen LogP contribution in [0.1, 0.15) is 26.4 Å². The fraction of sp³-hybridized carbons (Fsp3) is 0.0870. The number of hydrogen-bond donors (Lipinski definition) is 0. The van der Waals surface area contributed by atoms with Crippen LogP contribution in [0.25, 0.3) is 6.08 Å². The van der Waals surface area contributed by atoms with E-state index >= 15 is 0 Å². The van der Waals surface area contributed by atoms with E-state index in [9.17, 15) is 9.59 Å². The van der Waals surface area contributed by atoms with Crippen LogP contribution in [0.2, 0.25) is 0 Å². The number of esters is 1. The van der Waals surface area contributed by atoms with E-state index in [0.29, 0.717) is 5.75 Å². The van der Waals surface area contributed by atoms with Crippen molar-refractivity contribution in [3.8, 4) is 5.75 Å². The van der Waals surface area contributed by atoms with E-state index in [-0.39, 0.29) is 23.8 Å². The molecule has 0 amide bonds. The second kappa shape index (κ2) is 8.24. The monoisotopic (exact) mass is 403 g/mol. The van der Waals surface area contributed by atoms with Crippen LogP contribution in [0.5, 0.6) is 5.75 Å². The molecule has 1 aliphatic heterocycles. The number of hydrogen-bond acceptors (Lipinski definition) is 6. The molecule has 1 aromatic heterocycles. The highest BCUT2D eigenvalue weighted by Gasteiger charge is 2.24. The lowest BCUT2D eigenvalue weighted by Gasteiger charge is -2.08. The molecule has 2 aromatic carbocycles. The molecule has 1 aliphatic rings. The summed E-state index contributed by atoms with van der Waals surface area (Å²) in [6.07, 6.45) is 1.89. The first-order valence-electron chi connectivity index (χ1n) is 8.95. The van der Waals surface area contributed by atoms with Gasteiger partial charge in [-0.2, -0.15) is 0 Å². The molecule has 144 valence electrons. The van der Waals surface area contributed by atoms with Gasteiger partial charge in [0.2, 0.25) is 5.90 Å². The lowest BCUT2D eigenvalue weighted by atomic mass is 10.0. The van der Waals surface area contributed by atoms with Crippen molar-refractivity contribution in [2.24, 2.45) is 4.99 Å². The summed E-state index contributed by atoms with van der Waals surface area (Å²) in [6.45, 7) is 0.